The first-order valence-electron chi connectivity index (χ1n) is 15.0. The molecular formula is C39H39BN2Si. The van der Waals surface area contributed by atoms with Crippen molar-refractivity contribution in [2.75, 3.05) is 0 Å². The molecule has 0 aliphatic carbocycles. The van der Waals surface area contributed by atoms with Crippen molar-refractivity contribution in [3.63, 3.8) is 0 Å². The first-order valence-corrected chi connectivity index (χ1v) is 16.4. The van der Waals surface area contributed by atoms with Gasteiger partial charge in [0.1, 0.15) is 0 Å². The summed E-state index contributed by atoms with van der Waals surface area (Å²) in [6.07, 6.45) is 5.97. The first-order chi connectivity index (χ1) is 21.1. The van der Waals surface area contributed by atoms with Gasteiger partial charge in [0.2, 0.25) is 6.71 Å². The molecule has 212 valence electrons. The van der Waals surface area contributed by atoms with Crippen molar-refractivity contribution < 1.29 is 0 Å². The maximum Gasteiger partial charge on any atom is 0.233 e. The molecule has 0 saturated heterocycles. The molecule has 0 N–H and O–H groups in total. The lowest BCUT2D eigenvalue weighted by atomic mass is 9.41. The van der Waals surface area contributed by atoms with E-state index in [-0.39, 0.29) is 5.16 Å². The van der Waals surface area contributed by atoms with E-state index in [9.17, 15) is 0 Å². The third-order valence-corrected chi connectivity index (χ3v) is 10.6. The van der Waals surface area contributed by atoms with Crippen LogP contribution in [0.3, 0.4) is 0 Å². The van der Waals surface area contributed by atoms with Crippen molar-refractivity contribution in [2.24, 2.45) is 0 Å². The molecule has 0 fully saturated rings. The smallest absolute Gasteiger partial charge is 0.233 e. The number of aromatic nitrogens is 2. The van der Waals surface area contributed by atoms with Crippen LogP contribution in [0.4, 0.5) is 0 Å². The zero-order chi connectivity index (χ0) is 29.9. The van der Waals surface area contributed by atoms with E-state index in [4.69, 9.17) is 0 Å². The normalized spacial score (nSPS) is 11.2. The SMILES string of the molecule is C=CB(c1ccccc1)c1ccccc1.CC(C)c1cccc([SiH2]C(c2ccccc2)(c2ccccc2)n2ccnc2)c1. The molecule has 0 unspecified atom stereocenters. The van der Waals surface area contributed by atoms with Crippen LogP contribution in [0.2, 0.25) is 0 Å². The molecule has 5 aromatic carbocycles. The van der Waals surface area contributed by atoms with Gasteiger partial charge in [-0.1, -0.05) is 176 Å². The Morgan fingerprint density at radius 1 is 0.698 bits per heavy atom. The summed E-state index contributed by atoms with van der Waals surface area (Å²) in [4.78, 5) is 4.41. The van der Waals surface area contributed by atoms with E-state index in [1.165, 1.54) is 32.8 Å². The molecular weight excluding hydrogens is 535 g/mol. The molecule has 1 aromatic heterocycles. The molecule has 0 spiro atoms. The van der Waals surface area contributed by atoms with Gasteiger partial charge in [0, 0.05) is 12.4 Å². The van der Waals surface area contributed by atoms with Crippen LogP contribution in [0.5, 0.6) is 0 Å². The van der Waals surface area contributed by atoms with E-state index in [1.54, 1.807) is 0 Å². The molecule has 0 radical (unpaired) electrons. The number of hydrogen-bond acceptors (Lipinski definition) is 1. The van der Waals surface area contributed by atoms with Crippen LogP contribution in [-0.4, -0.2) is 25.8 Å². The Labute approximate surface area is 259 Å². The minimum absolute atomic E-state index is 0.214. The summed E-state index contributed by atoms with van der Waals surface area (Å²) in [5, 5.41) is 1.25. The zero-order valence-corrected chi connectivity index (χ0v) is 26.5. The van der Waals surface area contributed by atoms with Crippen molar-refractivity contribution in [2.45, 2.75) is 24.9 Å². The maximum absolute atomic E-state index is 4.41. The number of rotatable bonds is 9. The fraction of sp³-hybridized carbons (Fsp3) is 0.103. The third kappa shape index (κ3) is 7.05. The maximum atomic E-state index is 4.41. The second-order valence-corrected chi connectivity index (χ2v) is 13.4. The Hall–Kier alpha value is -4.67. The Kier molecular flexibility index (Phi) is 10.0. The molecule has 4 heteroatoms. The summed E-state index contributed by atoms with van der Waals surface area (Å²) in [5.74, 6) is 2.52. The lowest BCUT2D eigenvalue weighted by molar-refractivity contribution is 0.596. The Morgan fingerprint density at radius 3 is 1.65 bits per heavy atom. The van der Waals surface area contributed by atoms with Crippen LogP contribution in [0, 0.1) is 0 Å². The molecule has 0 aliphatic heterocycles. The predicted molar refractivity (Wildman–Crippen MR) is 188 cm³/mol. The van der Waals surface area contributed by atoms with Crippen molar-refractivity contribution >= 4 is 32.3 Å². The number of nitrogens with zero attached hydrogens (tertiary/aromatic N) is 2. The first kappa shape index (κ1) is 29.8. The standard InChI is InChI=1S/C25H26N2Si.C14H13B/c1-20(2)21-10-9-15-24(18-21)28-25(27-17-16-26-19-27,22-11-5-3-6-12-22)23-13-7-4-8-14-23;1-2-15(13-9-5-3-6-10-13)14-11-7-4-8-12-14/h3-20H,28H2,1-2H3;2-12H,1H2. The molecule has 6 aromatic rings. The van der Waals surface area contributed by atoms with Gasteiger partial charge in [-0.05, 0) is 22.6 Å². The Bertz CT molecular complexity index is 1590. The van der Waals surface area contributed by atoms with Crippen LogP contribution in [0.15, 0.2) is 177 Å². The number of hydrogen-bond donors (Lipinski definition) is 0. The lowest BCUT2D eigenvalue weighted by Crippen LogP contribution is -2.46. The van der Waals surface area contributed by atoms with Crippen LogP contribution in [-0.2, 0) is 5.16 Å². The quantitative estimate of drug-likeness (QED) is 0.186. The van der Waals surface area contributed by atoms with Gasteiger partial charge in [-0.3, -0.25) is 0 Å². The summed E-state index contributed by atoms with van der Waals surface area (Å²) >= 11 is 0. The predicted octanol–water partition coefficient (Wildman–Crippen LogP) is 6.27. The average molecular weight is 575 g/mol. The van der Waals surface area contributed by atoms with Gasteiger partial charge in [-0.25, -0.2) is 4.98 Å². The van der Waals surface area contributed by atoms with E-state index in [2.05, 4.69) is 170 Å². The highest BCUT2D eigenvalue weighted by atomic mass is 28.2. The Balaban J connectivity index is 0.000000207. The average Bonchev–Trinajstić information content (AvgIpc) is 3.62. The van der Waals surface area contributed by atoms with E-state index in [1.807, 2.05) is 30.6 Å². The van der Waals surface area contributed by atoms with Crippen LogP contribution < -0.4 is 16.1 Å². The molecule has 0 saturated carbocycles. The minimum atomic E-state index is -0.800. The van der Waals surface area contributed by atoms with E-state index in [0.29, 0.717) is 12.6 Å². The molecule has 0 amide bonds. The second kappa shape index (κ2) is 14.5. The van der Waals surface area contributed by atoms with Gasteiger partial charge in [0.25, 0.3) is 0 Å². The summed E-state index contributed by atoms with van der Waals surface area (Å²) in [5.41, 5.74) is 6.63. The molecule has 0 bridgehead atoms. The zero-order valence-electron chi connectivity index (χ0n) is 25.1. The summed E-state index contributed by atoms with van der Waals surface area (Å²) in [6.45, 7) is 8.74. The molecule has 6 rings (SSSR count). The Morgan fingerprint density at radius 2 is 1.21 bits per heavy atom. The van der Waals surface area contributed by atoms with Gasteiger partial charge in [-0.2, -0.15) is 0 Å². The van der Waals surface area contributed by atoms with Gasteiger partial charge in [0.05, 0.1) is 21.0 Å². The van der Waals surface area contributed by atoms with Gasteiger partial charge >= 0.3 is 0 Å². The molecule has 0 atom stereocenters. The molecule has 1 heterocycles. The molecule has 0 aliphatic rings. The second-order valence-electron chi connectivity index (χ2n) is 11.2. The van der Waals surface area contributed by atoms with E-state index in [0.717, 1.165) is 0 Å². The largest absolute Gasteiger partial charge is 0.326 e. The van der Waals surface area contributed by atoms with Crippen molar-refractivity contribution in [3.8, 4) is 0 Å². The number of benzene rings is 5. The van der Waals surface area contributed by atoms with Crippen LogP contribution in [0.25, 0.3) is 0 Å². The topological polar surface area (TPSA) is 17.8 Å². The van der Waals surface area contributed by atoms with Gasteiger partial charge in [-0.15, -0.1) is 12.6 Å². The summed E-state index contributed by atoms with van der Waals surface area (Å²) < 4.78 is 2.31. The fourth-order valence-electron chi connectivity index (χ4n) is 5.82. The summed E-state index contributed by atoms with van der Waals surface area (Å²) in [6, 6.07) is 51.8. The third-order valence-electron chi connectivity index (χ3n) is 8.08. The minimum Gasteiger partial charge on any atom is -0.326 e. The van der Waals surface area contributed by atoms with Crippen molar-refractivity contribution in [1.82, 2.24) is 9.55 Å². The van der Waals surface area contributed by atoms with Gasteiger partial charge in [0.15, 0.2) is 0 Å². The lowest BCUT2D eigenvalue weighted by Gasteiger charge is -2.37. The monoisotopic (exact) mass is 574 g/mol. The number of imidazole rings is 1. The van der Waals surface area contributed by atoms with Crippen LogP contribution >= 0.6 is 0 Å². The fourth-order valence-corrected chi connectivity index (χ4v) is 8.25. The highest BCUT2D eigenvalue weighted by molar-refractivity contribution is 6.89. The summed E-state index contributed by atoms with van der Waals surface area (Å²) in [7, 11) is -0.800. The van der Waals surface area contributed by atoms with Gasteiger partial charge < -0.3 is 4.57 Å². The molecule has 2 nitrogen and oxygen atoms in total. The molecule has 43 heavy (non-hydrogen) atoms. The van der Waals surface area contributed by atoms with E-state index >= 15 is 0 Å². The van der Waals surface area contributed by atoms with E-state index < -0.39 is 9.52 Å². The van der Waals surface area contributed by atoms with Crippen molar-refractivity contribution in [1.29, 1.82) is 0 Å². The van der Waals surface area contributed by atoms with Crippen LogP contribution in [0.1, 0.15) is 36.5 Å². The highest BCUT2D eigenvalue weighted by Gasteiger charge is 2.36. The highest BCUT2D eigenvalue weighted by Crippen LogP contribution is 2.33. The van der Waals surface area contributed by atoms with Crippen molar-refractivity contribution in [3.05, 3.63) is 194 Å².